The molecule has 0 bridgehead atoms. The molecule has 2 aromatic carbocycles. The number of nitrogens with zero attached hydrogens (tertiary/aromatic N) is 1. The molecule has 2 rings (SSSR count). The van der Waals surface area contributed by atoms with E-state index in [-0.39, 0.29) is 69.9 Å². The fraction of sp³-hybridized carbons (Fsp3) is 0. The molecule has 0 unspecified atom stereocenters. The van der Waals surface area contributed by atoms with Crippen molar-refractivity contribution in [3.63, 3.8) is 0 Å². The summed E-state index contributed by atoms with van der Waals surface area (Å²) in [6.45, 7) is 6.67. The Hall–Kier alpha value is -1.99. The molecule has 0 fully saturated rings. The molecule has 0 heterocycles. The molecular formula is C13H12BrN3. The quantitative estimate of drug-likeness (QED) is 0.573. The molecule has 0 aliphatic rings. The lowest BCUT2D eigenvalue weighted by Crippen LogP contribution is -1.80. The van der Waals surface area contributed by atoms with Gasteiger partial charge in [0.05, 0.1) is 14.8 Å². The van der Waals surface area contributed by atoms with Crippen molar-refractivity contribution in [3.05, 3.63) is 64.2 Å². The van der Waals surface area contributed by atoms with E-state index in [1.807, 2.05) is 0 Å². The van der Waals surface area contributed by atoms with Crippen LogP contribution in [0.15, 0.2) is 52.8 Å². The van der Waals surface area contributed by atoms with E-state index in [0.717, 1.165) is 0 Å². The smallest absolute Gasteiger partial charge is 0.187 e. The van der Waals surface area contributed by atoms with Crippen LogP contribution in [0.2, 0.25) is 0 Å². The summed E-state index contributed by atoms with van der Waals surface area (Å²) in [5.74, 6) is 0. The number of nitrogens with two attached hydrogens (primary N) is 2. The van der Waals surface area contributed by atoms with Crippen molar-refractivity contribution in [2.75, 3.05) is 11.5 Å². The summed E-state index contributed by atoms with van der Waals surface area (Å²) in [5, 5.41) is 0. The molecule has 0 aliphatic heterocycles. The summed E-state index contributed by atoms with van der Waals surface area (Å²) in [7, 11) is 0. The predicted octanol–water partition coefficient (Wildman–Crippen LogP) is 3.85. The van der Waals surface area contributed by atoms with Crippen molar-refractivity contribution in [1.82, 2.24) is 0 Å². The van der Waals surface area contributed by atoms with Crippen LogP contribution in [0.4, 0.5) is 17.1 Å². The van der Waals surface area contributed by atoms with E-state index in [0.29, 0.717) is 0 Å². The summed E-state index contributed by atoms with van der Waals surface area (Å²) in [5.41, 5.74) is 9.98. The summed E-state index contributed by atoms with van der Waals surface area (Å²) in [6, 6.07) is -2.17. The molecular weight excluding hydrogens is 278 g/mol. The first-order valence-corrected chi connectivity index (χ1v) is 5.01. The number of hydrogen-bond acceptors (Lipinski definition) is 2. The van der Waals surface area contributed by atoms with Crippen LogP contribution in [0.1, 0.15) is 11.0 Å². The third kappa shape index (κ3) is 5.05. The van der Waals surface area contributed by atoms with Crippen LogP contribution in [-0.2, 0) is 0 Å². The van der Waals surface area contributed by atoms with Crippen molar-refractivity contribution >= 4 is 33.0 Å². The van der Waals surface area contributed by atoms with Gasteiger partial charge in [-0.2, -0.15) is 0 Å². The Bertz CT molecular complexity index is 760. The molecule has 0 saturated carbocycles. The van der Waals surface area contributed by atoms with Gasteiger partial charge in [0.1, 0.15) is 0 Å². The predicted molar refractivity (Wildman–Crippen MR) is 75.7 cm³/mol. The number of nitrogen functional groups attached to an aromatic ring is 2. The third-order valence-electron chi connectivity index (χ3n) is 1.36. The average molecular weight is 298 g/mol. The second kappa shape index (κ2) is 6.56. The Morgan fingerprint density at radius 3 is 1.76 bits per heavy atom. The fourth-order valence-corrected chi connectivity index (χ4v) is 0.877. The molecule has 0 spiro atoms. The molecule has 0 saturated heterocycles. The lowest BCUT2D eigenvalue weighted by molar-refractivity contribution is 1.64. The van der Waals surface area contributed by atoms with Gasteiger partial charge in [-0.3, -0.25) is 0 Å². The van der Waals surface area contributed by atoms with Gasteiger partial charge < -0.3 is 11.5 Å². The summed E-state index contributed by atoms with van der Waals surface area (Å²) >= 11 is 2.94. The average Bonchev–Trinajstić information content (AvgIpc) is 2.61. The van der Waals surface area contributed by atoms with Gasteiger partial charge in [0.2, 0.25) is 0 Å². The molecule has 3 nitrogen and oxygen atoms in total. The largest absolute Gasteiger partial charge is 0.399 e. The van der Waals surface area contributed by atoms with E-state index in [1.54, 1.807) is 0 Å². The molecule has 2 aromatic rings. The highest BCUT2D eigenvalue weighted by atomic mass is 79.9. The summed E-state index contributed by atoms with van der Waals surface area (Å²) in [6.07, 6.45) is 0. The normalized spacial score (nSPS) is 15.3. The molecule has 0 amide bonds. The van der Waals surface area contributed by atoms with Gasteiger partial charge in [-0.1, -0.05) is 28.0 Å². The third-order valence-corrected chi connectivity index (χ3v) is 1.75. The second-order valence-electron chi connectivity index (χ2n) is 2.60. The van der Waals surface area contributed by atoms with E-state index in [2.05, 4.69) is 20.8 Å². The maximum Gasteiger partial charge on any atom is 0.187 e. The number of benzene rings is 2. The highest BCUT2D eigenvalue weighted by Crippen LogP contribution is 2.12. The standard InChI is InChI=1S/C7H6N2.C6H6BrN/c1-9-7-4-2-6(8)3-5-7;7-5-1-3-6(8)4-2-5/h2-5H,8H2;1-4H,8H2/i2D,3D,4D,5D;1D,2D,3D,4D. The molecule has 0 aromatic heterocycles. The lowest BCUT2D eigenvalue weighted by atomic mass is 10.3. The number of halogens is 1. The van der Waals surface area contributed by atoms with Gasteiger partial charge in [-0.05, 0) is 36.3 Å². The van der Waals surface area contributed by atoms with E-state index < -0.39 is 0 Å². The molecule has 4 N–H and O–H groups in total. The molecule has 4 heteroatoms. The van der Waals surface area contributed by atoms with Gasteiger partial charge in [0.25, 0.3) is 0 Å². The van der Waals surface area contributed by atoms with Crippen molar-refractivity contribution in [3.8, 4) is 0 Å². The summed E-state index contributed by atoms with van der Waals surface area (Å²) in [4.78, 5) is 2.91. The minimum atomic E-state index is -0.381. The topological polar surface area (TPSA) is 56.4 Å². The molecule has 0 aliphatic carbocycles. The van der Waals surface area contributed by atoms with E-state index in [9.17, 15) is 0 Å². The molecule has 17 heavy (non-hydrogen) atoms. The van der Waals surface area contributed by atoms with Crippen LogP contribution in [0.5, 0.6) is 0 Å². The van der Waals surface area contributed by atoms with Crippen LogP contribution in [0.25, 0.3) is 4.85 Å². The van der Waals surface area contributed by atoms with E-state index in [1.165, 1.54) is 0 Å². The van der Waals surface area contributed by atoms with Crippen LogP contribution >= 0.6 is 15.9 Å². The maximum absolute atomic E-state index is 7.30. The van der Waals surface area contributed by atoms with E-state index >= 15 is 0 Å². The lowest BCUT2D eigenvalue weighted by Gasteiger charge is -1.88. The van der Waals surface area contributed by atoms with Gasteiger partial charge in [-0.25, -0.2) is 4.85 Å². The zero-order chi connectivity index (χ0) is 19.6. The first-order valence-electron chi connectivity index (χ1n) is 8.21. The van der Waals surface area contributed by atoms with Crippen LogP contribution < -0.4 is 11.5 Å². The van der Waals surface area contributed by atoms with Gasteiger partial charge >= 0.3 is 0 Å². The molecule has 0 atom stereocenters. The highest BCUT2D eigenvalue weighted by molar-refractivity contribution is 9.10. The Balaban J connectivity index is 0.000000251. The molecule has 0 radical (unpaired) electrons. The fourth-order valence-electron chi connectivity index (χ4n) is 0.678. The number of hydrogen-bond donors (Lipinski definition) is 2. The maximum atomic E-state index is 7.30. The summed E-state index contributed by atoms with van der Waals surface area (Å²) < 4.78 is 58.4. The zero-order valence-corrected chi connectivity index (χ0v) is 10.1. The van der Waals surface area contributed by atoms with Crippen molar-refractivity contribution in [2.45, 2.75) is 0 Å². The molecule has 86 valence electrons. The minimum Gasteiger partial charge on any atom is -0.399 e. The van der Waals surface area contributed by atoms with Gasteiger partial charge in [-0.15, -0.1) is 0 Å². The number of rotatable bonds is 0. The van der Waals surface area contributed by atoms with Crippen LogP contribution in [0.3, 0.4) is 0 Å². The first-order chi connectivity index (χ1) is 11.5. The van der Waals surface area contributed by atoms with Gasteiger partial charge in [0, 0.05) is 18.6 Å². The monoisotopic (exact) mass is 297 g/mol. The van der Waals surface area contributed by atoms with Crippen molar-refractivity contribution in [2.24, 2.45) is 0 Å². The SMILES string of the molecule is [2H]c1c([2H])c(Br)c([2H])c([2H])c1N.[2H]c1c([2H])c([N+]#[C-])c([2H])c([2H])c1N. The zero-order valence-electron chi connectivity index (χ0n) is 16.5. The Morgan fingerprint density at radius 2 is 1.35 bits per heavy atom. The van der Waals surface area contributed by atoms with Crippen molar-refractivity contribution in [1.29, 1.82) is 0 Å². The van der Waals surface area contributed by atoms with Crippen LogP contribution in [0, 0.1) is 6.57 Å². The van der Waals surface area contributed by atoms with Crippen LogP contribution in [-0.4, -0.2) is 0 Å². The van der Waals surface area contributed by atoms with E-state index in [4.69, 9.17) is 29.0 Å². The number of anilines is 2. The highest BCUT2D eigenvalue weighted by Gasteiger charge is 1.85. The Labute approximate surface area is 120 Å². The first kappa shape index (κ1) is 5.56. The Kier molecular flexibility index (Phi) is 2.15. The van der Waals surface area contributed by atoms with Gasteiger partial charge in [0.15, 0.2) is 5.69 Å². The second-order valence-corrected chi connectivity index (χ2v) is 3.39. The Morgan fingerprint density at radius 1 is 0.941 bits per heavy atom. The minimum absolute atomic E-state index is 0.117. The van der Waals surface area contributed by atoms with Crippen molar-refractivity contribution < 1.29 is 11.0 Å².